The highest BCUT2D eigenvalue weighted by Gasteiger charge is 2.20. The average molecular weight is 614 g/mol. The van der Waals surface area contributed by atoms with Crippen molar-refractivity contribution >= 4 is 34.1 Å². The number of piperazine rings is 1. The number of rotatable bonds is 11. The lowest BCUT2D eigenvalue weighted by atomic mass is 10.1. The first-order chi connectivity index (χ1) is 21.4. The van der Waals surface area contributed by atoms with Gasteiger partial charge in [-0.2, -0.15) is 0 Å². The molecular formula is C33H36ClN7O3. The number of nitrogens with zero attached hydrogens (tertiary/aromatic N) is 6. The molecule has 1 fully saturated rings. The molecule has 1 aliphatic rings. The number of β-amino-alcohol motifs (C(OH)–C–C–N with tert-alkyl or cyclic N) is 1. The number of aromatic nitrogens is 3. The fourth-order valence-electron chi connectivity index (χ4n) is 5.32. The van der Waals surface area contributed by atoms with Crippen molar-refractivity contribution in [3.05, 3.63) is 98.8 Å². The molecule has 1 saturated heterocycles. The maximum Gasteiger partial charge on any atom is 0.261 e. The highest BCUT2D eigenvalue weighted by Crippen LogP contribution is 2.26. The van der Waals surface area contributed by atoms with Crippen LogP contribution in [0.2, 0.25) is 5.02 Å². The van der Waals surface area contributed by atoms with Gasteiger partial charge in [-0.05, 0) is 53.6 Å². The SMILES string of the molecule is C#CCN(Cc1cc2c(=O)n(C)c(CN3CCN(CCO)CC3)nc2cc1Cl)c1ccc(C(=O)NCc2cccnc2)cc1. The number of carbonyl (C=O) groups excluding carboxylic acids is 1. The molecule has 1 amide bonds. The van der Waals surface area contributed by atoms with E-state index in [-0.39, 0.29) is 18.1 Å². The number of benzene rings is 2. The molecule has 1 aliphatic heterocycles. The Balaban J connectivity index is 1.30. The van der Waals surface area contributed by atoms with Gasteiger partial charge in [0, 0.05) is 81.5 Å². The van der Waals surface area contributed by atoms with Crippen LogP contribution in [0.25, 0.3) is 10.9 Å². The third-order valence-corrected chi connectivity index (χ3v) is 8.25. The molecule has 0 unspecified atom stereocenters. The highest BCUT2D eigenvalue weighted by atomic mass is 35.5. The third kappa shape index (κ3) is 7.44. The number of carbonyl (C=O) groups is 1. The summed E-state index contributed by atoms with van der Waals surface area (Å²) < 4.78 is 1.61. The number of aliphatic hydroxyl groups is 1. The molecule has 10 nitrogen and oxygen atoms in total. The van der Waals surface area contributed by atoms with Crippen molar-refractivity contribution in [1.29, 1.82) is 0 Å². The number of nitrogens with one attached hydrogen (secondary N) is 1. The van der Waals surface area contributed by atoms with Crippen LogP contribution in [0.5, 0.6) is 0 Å². The summed E-state index contributed by atoms with van der Waals surface area (Å²) in [4.78, 5) is 41.5. The molecule has 2 N–H and O–H groups in total. The van der Waals surface area contributed by atoms with Crippen LogP contribution in [0.3, 0.4) is 0 Å². The lowest BCUT2D eigenvalue weighted by Crippen LogP contribution is -2.47. The Morgan fingerprint density at radius 3 is 2.57 bits per heavy atom. The quantitative estimate of drug-likeness (QED) is 0.249. The van der Waals surface area contributed by atoms with Gasteiger partial charge in [0.05, 0.1) is 30.6 Å². The second kappa shape index (κ2) is 14.5. The zero-order valence-corrected chi connectivity index (χ0v) is 25.5. The van der Waals surface area contributed by atoms with Crippen LogP contribution >= 0.6 is 11.6 Å². The summed E-state index contributed by atoms with van der Waals surface area (Å²) in [5.41, 5.74) is 3.44. The minimum absolute atomic E-state index is 0.132. The van der Waals surface area contributed by atoms with Crippen molar-refractivity contribution in [2.45, 2.75) is 19.6 Å². The minimum Gasteiger partial charge on any atom is -0.395 e. The number of aliphatic hydroxyl groups excluding tert-OH is 1. The Hall–Kier alpha value is -4.27. The van der Waals surface area contributed by atoms with Gasteiger partial charge in [0.2, 0.25) is 0 Å². The van der Waals surface area contributed by atoms with Crippen LogP contribution in [0.15, 0.2) is 65.7 Å². The van der Waals surface area contributed by atoms with E-state index in [1.807, 2.05) is 29.2 Å². The van der Waals surface area contributed by atoms with Crippen LogP contribution in [0.4, 0.5) is 5.69 Å². The summed E-state index contributed by atoms with van der Waals surface area (Å²) in [6.07, 6.45) is 9.11. The summed E-state index contributed by atoms with van der Waals surface area (Å²) in [6, 6.07) is 14.5. The lowest BCUT2D eigenvalue weighted by molar-refractivity contribution is 0.0951. The topological polar surface area (TPSA) is 107 Å². The Morgan fingerprint density at radius 1 is 1.14 bits per heavy atom. The molecule has 4 aromatic rings. The number of anilines is 1. The van der Waals surface area contributed by atoms with E-state index in [4.69, 9.17) is 23.0 Å². The van der Waals surface area contributed by atoms with Gasteiger partial charge >= 0.3 is 0 Å². The Labute approximate surface area is 261 Å². The van der Waals surface area contributed by atoms with Gasteiger partial charge in [0.25, 0.3) is 11.5 Å². The Bertz CT molecular complexity index is 1700. The number of fused-ring (bicyclic) bond motifs is 1. The molecule has 0 atom stereocenters. The van der Waals surface area contributed by atoms with Crippen molar-refractivity contribution in [2.75, 3.05) is 50.8 Å². The number of hydrogen-bond donors (Lipinski definition) is 2. The van der Waals surface area contributed by atoms with Crippen molar-refractivity contribution in [1.82, 2.24) is 29.7 Å². The largest absolute Gasteiger partial charge is 0.395 e. The van der Waals surface area contributed by atoms with Gasteiger partial charge in [-0.15, -0.1) is 6.42 Å². The molecular weight excluding hydrogens is 578 g/mol. The monoisotopic (exact) mass is 613 g/mol. The van der Waals surface area contributed by atoms with Crippen molar-refractivity contribution in [3.63, 3.8) is 0 Å². The molecule has 0 aliphatic carbocycles. The fraction of sp³-hybridized carbons (Fsp3) is 0.333. The third-order valence-electron chi connectivity index (χ3n) is 7.90. The molecule has 0 bridgehead atoms. The summed E-state index contributed by atoms with van der Waals surface area (Å²) >= 11 is 6.75. The second-order valence-corrected chi connectivity index (χ2v) is 11.3. The van der Waals surface area contributed by atoms with Crippen molar-refractivity contribution in [3.8, 4) is 12.3 Å². The molecule has 2 aromatic heterocycles. The zero-order valence-electron chi connectivity index (χ0n) is 24.7. The predicted molar refractivity (Wildman–Crippen MR) is 173 cm³/mol. The standard InChI is InChI=1S/C33H36ClN7O3/c1-3-11-41(27-8-6-25(7-9-27)32(43)36-21-24-5-4-10-35-20-24)22-26-18-28-30(19-29(26)34)37-31(38(2)33(28)44)23-40-14-12-39(13-15-40)16-17-42/h1,4-10,18-20,42H,11-17,21-23H2,2H3,(H,36,43). The summed E-state index contributed by atoms with van der Waals surface area (Å²) in [6.45, 7) is 5.87. The predicted octanol–water partition coefficient (Wildman–Crippen LogP) is 2.66. The molecule has 5 rings (SSSR count). The van der Waals surface area contributed by atoms with Crippen LogP contribution in [0, 0.1) is 12.3 Å². The van der Waals surface area contributed by atoms with E-state index >= 15 is 0 Å². The molecule has 228 valence electrons. The van der Waals surface area contributed by atoms with Gasteiger partial charge in [-0.3, -0.25) is 28.9 Å². The van der Waals surface area contributed by atoms with E-state index in [0.717, 1.165) is 43.0 Å². The number of pyridine rings is 1. The molecule has 0 saturated carbocycles. The average Bonchev–Trinajstić information content (AvgIpc) is 3.04. The first-order valence-electron chi connectivity index (χ1n) is 14.6. The molecule has 11 heteroatoms. The first-order valence-corrected chi connectivity index (χ1v) is 14.9. The number of amides is 1. The van der Waals surface area contributed by atoms with E-state index in [1.54, 1.807) is 48.3 Å². The van der Waals surface area contributed by atoms with Gasteiger partial charge in [0.1, 0.15) is 5.82 Å². The maximum atomic E-state index is 13.5. The molecule has 0 spiro atoms. The van der Waals surface area contributed by atoms with E-state index in [0.29, 0.717) is 60.0 Å². The van der Waals surface area contributed by atoms with Crippen LogP contribution in [-0.2, 0) is 26.7 Å². The number of hydrogen-bond acceptors (Lipinski definition) is 8. The summed E-state index contributed by atoms with van der Waals surface area (Å²) in [5, 5.41) is 13.1. The molecule has 0 radical (unpaired) electrons. The summed E-state index contributed by atoms with van der Waals surface area (Å²) in [7, 11) is 1.75. The van der Waals surface area contributed by atoms with E-state index in [9.17, 15) is 14.7 Å². The Kier molecular flexibility index (Phi) is 10.2. The van der Waals surface area contributed by atoms with Crippen molar-refractivity contribution in [2.24, 2.45) is 7.05 Å². The van der Waals surface area contributed by atoms with E-state index in [1.165, 1.54) is 0 Å². The number of halogens is 1. The maximum absolute atomic E-state index is 13.5. The second-order valence-electron chi connectivity index (χ2n) is 10.8. The Morgan fingerprint density at radius 2 is 1.89 bits per heavy atom. The lowest BCUT2D eigenvalue weighted by Gasteiger charge is -2.34. The van der Waals surface area contributed by atoms with Crippen molar-refractivity contribution < 1.29 is 9.90 Å². The van der Waals surface area contributed by atoms with Crippen LogP contribution in [-0.4, -0.2) is 81.2 Å². The van der Waals surface area contributed by atoms with E-state index in [2.05, 4.69) is 26.0 Å². The smallest absolute Gasteiger partial charge is 0.261 e. The minimum atomic E-state index is -0.187. The van der Waals surface area contributed by atoms with Crippen LogP contribution in [0.1, 0.15) is 27.3 Å². The zero-order chi connectivity index (χ0) is 31.1. The molecule has 2 aromatic carbocycles. The fourth-order valence-corrected chi connectivity index (χ4v) is 5.54. The van der Waals surface area contributed by atoms with Gasteiger partial charge in [-0.25, -0.2) is 4.98 Å². The van der Waals surface area contributed by atoms with Gasteiger partial charge < -0.3 is 15.3 Å². The van der Waals surface area contributed by atoms with Gasteiger partial charge in [0.15, 0.2) is 0 Å². The van der Waals surface area contributed by atoms with Crippen LogP contribution < -0.4 is 15.8 Å². The molecule has 3 heterocycles. The molecule has 44 heavy (non-hydrogen) atoms. The highest BCUT2D eigenvalue weighted by molar-refractivity contribution is 6.32. The summed E-state index contributed by atoms with van der Waals surface area (Å²) in [5.74, 6) is 3.19. The van der Waals surface area contributed by atoms with Gasteiger partial charge in [-0.1, -0.05) is 23.6 Å². The normalized spacial score (nSPS) is 14.0. The van der Waals surface area contributed by atoms with E-state index < -0.39 is 0 Å². The number of terminal acetylenes is 1. The first kappa shape index (κ1) is 31.2.